The molecule has 133 valence electrons. The van der Waals surface area contributed by atoms with Crippen molar-refractivity contribution in [2.24, 2.45) is 0 Å². The third-order valence-corrected chi connectivity index (χ3v) is 9.88. The minimum Gasteiger partial charge on any atom is -0.399 e. The summed E-state index contributed by atoms with van der Waals surface area (Å²) in [5, 5.41) is 1.48. The largest absolute Gasteiger partial charge is 0.495 e. The zero-order valence-electron chi connectivity index (χ0n) is 17.2. The zero-order chi connectivity index (χ0) is 18.5. The highest BCUT2D eigenvalue weighted by Gasteiger charge is 2.52. The number of hydrogen-bond acceptors (Lipinski definition) is 2. The third-order valence-electron chi connectivity index (χ3n) is 5.79. The van der Waals surface area contributed by atoms with Crippen LogP contribution in [0.5, 0.6) is 0 Å². The average molecular weight is 361 g/mol. The van der Waals surface area contributed by atoms with Crippen LogP contribution in [0.4, 0.5) is 0 Å². The van der Waals surface area contributed by atoms with Crippen molar-refractivity contribution in [2.75, 3.05) is 0 Å². The van der Waals surface area contributed by atoms with Crippen molar-refractivity contribution in [1.29, 1.82) is 0 Å². The van der Waals surface area contributed by atoms with E-state index in [9.17, 15) is 0 Å². The lowest BCUT2D eigenvalue weighted by molar-refractivity contribution is 0.00578. The molecule has 1 aromatic carbocycles. The fourth-order valence-corrected chi connectivity index (χ4v) is 4.98. The van der Waals surface area contributed by atoms with Crippen molar-refractivity contribution in [3.8, 4) is 0 Å². The van der Waals surface area contributed by atoms with E-state index in [4.69, 9.17) is 9.31 Å². The Hall–Kier alpha value is -0.361. The molecule has 0 N–H and O–H groups in total. The predicted octanol–water partition coefficient (Wildman–Crippen LogP) is 3.93. The van der Waals surface area contributed by atoms with E-state index in [0.717, 1.165) is 0 Å². The van der Waals surface area contributed by atoms with E-state index in [-0.39, 0.29) is 18.3 Å². The molecule has 1 atom stereocenters. The molecule has 2 nitrogen and oxygen atoms in total. The van der Waals surface area contributed by atoms with E-state index in [1.807, 2.05) is 0 Å². The second-order valence-corrected chi connectivity index (χ2v) is 17.6. The van der Waals surface area contributed by atoms with E-state index < -0.39 is 16.9 Å². The normalized spacial score (nSPS) is 21.4. The lowest BCUT2D eigenvalue weighted by atomic mass is 9.75. The summed E-state index contributed by atoms with van der Waals surface area (Å²) < 4.78 is 12.8. The molecular weight excluding hydrogens is 327 g/mol. The highest BCUT2D eigenvalue weighted by molar-refractivity contribution is 6.89. The van der Waals surface area contributed by atoms with Crippen LogP contribution in [0.25, 0.3) is 0 Å². The molecule has 1 aliphatic rings. The smallest absolute Gasteiger partial charge is 0.399 e. The molecule has 1 aliphatic heterocycles. The Morgan fingerprint density at radius 1 is 1.00 bits per heavy atom. The molecule has 2 rings (SSSR count). The summed E-state index contributed by atoms with van der Waals surface area (Å²) >= 11 is 0. The van der Waals surface area contributed by atoms with Crippen LogP contribution in [0.2, 0.25) is 32.7 Å². The van der Waals surface area contributed by atoms with Gasteiger partial charge in [-0.1, -0.05) is 63.0 Å². The van der Waals surface area contributed by atoms with Crippen molar-refractivity contribution in [2.45, 2.75) is 84.1 Å². The second kappa shape index (κ2) is 6.42. The van der Waals surface area contributed by atoms with Crippen LogP contribution >= 0.6 is 0 Å². The Kier molecular flexibility index (Phi) is 5.34. The van der Waals surface area contributed by atoms with Crippen LogP contribution in [0.15, 0.2) is 18.2 Å². The van der Waals surface area contributed by atoms with E-state index in [0.29, 0.717) is 5.54 Å². The van der Waals surface area contributed by atoms with Gasteiger partial charge in [-0.25, -0.2) is 0 Å². The minimum atomic E-state index is -1.37. The lowest BCUT2D eigenvalue weighted by Crippen LogP contribution is -2.45. The van der Waals surface area contributed by atoms with Crippen molar-refractivity contribution < 1.29 is 9.31 Å². The third kappa shape index (κ3) is 3.74. The van der Waals surface area contributed by atoms with Crippen molar-refractivity contribution >= 4 is 34.6 Å². The monoisotopic (exact) mass is 361 g/mol. The summed E-state index contributed by atoms with van der Waals surface area (Å²) in [6.07, 6.45) is 0. The summed E-state index contributed by atoms with van der Waals surface area (Å²) in [7, 11) is -2.05. The quantitative estimate of drug-likeness (QED) is 0.757. The van der Waals surface area contributed by atoms with Gasteiger partial charge in [-0.2, -0.15) is 0 Å². The molecule has 1 saturated heterocycles. The average Bonchev–Trinajstić information content (AvgIpc) is 2.64. The van der Waals surface area contributed by atoms with Gasteiger partial charge in [0.2, 0.25) is 0 Å². The molecule has 1 heterocycles. The van der Waals surface area contributed by atoms with Crippen molar-refractivity contribution in [1.82, 2.24) is 0 Å². The Labute approximate surface area is 152 Å². The van der Waals surface area contributed by atoms with Gasteiger partial charge in [0.05, 0.1) is 19.3 Å². The van der Waals surface area contributed by atoms with Gasteiger partial charge in [0.1, 0.15) is 0 Å². The van der Waals surface area contributed by atoms with Gasteiger partial charge >= 0.3 is 7.12 Å². The van der Waals surface area contributed by atoms with Gasteiger partial charge in [-0.05, 0) is 44.3 Å². The summed E-state index contributed by atoms with van der Waals surface area (Å²) in [6.45, 7) is 22.8. The molecule has 1 unspecified atom stereocenters. The van der Waals surface area contributed by atoms with Gasteiger partial charge in [-0.3, -0.25) is 0 Å². The molecule has 0 amide bonds. The molecule has 1 fully saturated rings. The van der Waals surface area contributed by atoms with Crippen LogP contribution in [-0.2, 0) is 9.31 Å². The molecule has 1 radical (unpaired) electrons. The lowest BCUT2D eigenvalue weighted by Gasteiger charge is -2.32. The van der Waals surface area contributed by atoms with Gasteiger partial charge in [0.25, 0.3) is 0 Å². The standard InChI is InChI=1S/C19H34BO2Si2/c1-14(23(6)7)16-12-11-15(24(8,9)10)13-17(16)20-21-18(2,3)19(4,5)22-20/h11-14H,1-10H3. The van der Waals surface area contributed by atoms with E-state index in [2.05, 4.69) is 85.6 Å². The molecule has 0 aromatic heterocycles. The van der Waals surface area contributed by atoms with Crippen LogP contribution in [0, 0.1) is 0 Å². The highest BCUT2D eigenvalue weighted by atomic mass is 28.3. The molecular formula is C19H34BO2Si2. The summed E-state index contributed by atoms with van der Waals surface area (Å²) in [5.74, 6) is 0. The van der Waals surface area contributed by atoms with Crippen LogP contribution in [0.1, 0.15) is 45.7 Å². The Balaban J connectivity index is 2.53. The van der Waals surface area contributed by atoms with Gasteiger partial charge in [0.15, 0.2) is 0 Å². The number of hydrogen-bond donors (Lipinski definition) is 0. The van der Waals surface area contributed by atoms with Crippen LogP contribution < -0.4 is 10.6 Å². The Morgan fingerprint density at radius 2 is 1.50 bits per heavy atom. The molecule has 0 spiro atoms. The maximum atomic E-state index is 6.39. The van der Waals surface area contributed by atoms with Gasteiger partial charge < -0.3 is 9.31 Å². The van der Waals surface area contributed by atoms with Crippen LogP contribution in [-0.4, -0.2) is 35.2 Å². The predicted molar refractivity (Wildman–Crippen MR) is 111 cm³/mol. The molecule has 0 aliphatic carbocycles. The second-order valence-electron chi connectivity index (χ2n) is 9.48. The molecule has 5 heteroatoms. The molecule has 1 aromatic rings. The van der Waals surface area contributed by atoms with Crippen molar-refractivity contribution in [3.63, 3.8) is 0 Å². The first kappa shape index (κ1) is 20.0. The molecule has 0 saturated carbocycles. The maximum Gasteiger partial charge on any atom is 0.495 e. The SMILES string of the molecule is CC(c1ccc([Si](C)(C)C)cc1B1OC(C)(C)C(C)(C)O1)[Si](C)C. The first-order valence-electron chi connectivity index (χ1n) is 9.06. The summed E-state index contributed by atoms with van der Waals surface area (Å²) in [5.41, 5.74) is 2.67. The van der Waals surface area contributed by atoms with E-state index >= 15 is 0 Å². The molecule has 0 bridgehead atoms. The first-order chi connectivity index (χ1) is 10.8. The number of benzene rings is 1. The molecule has 24 heavy (non-hydrogen) atoms. The van der Waals surface area contributed by atoms with Crippen molar-refractivity contribution in [3.05, 3.63) is 23.8 Å². The minimum absolute atomic E-state index is 0.259. The van der Waals surface area contributed by atoms with Gasteiger partial charge in [0, 0.05) is 8.80 Å². The topological polar surface area (TPSA) is 18.5 Å². The van der Waals surface area contributed by atoms with E-state index in [1.54, 1.807) is 0 Å². The Morgan fingerprint density at radius 3 is 1.92 bits per heavy atom. The fraction of sp³-hybridized carbons (Fsp3) is 0.684. The first-order valence-corrected chi connectivity index (χ1v) is 15.1. The number of rotatable bonds is 4. The summed E-state index contributed by atoms with van der Waals surface area (Å²) in [4.78, 5) is 0. The van der Waals surface area contributed by atoms with Gasteiger partial charge in [-0.15, -0.1) is 0 Å². The fourth-order valence-electron chi connectivity index (χ4n) is 2.92. The zero-order valence-corrected chi connectivity index (χ0v) is 19.2. The van der Waals surface area contributed by atoms with E-state index in [1.165, 1.54) is 16.2 Å². The Bertz CT molecular complexity index is 590. The maximum absolute atomic E-state index is 6.39. The highest BCUT2D eigenvalue weighted by Crippen LogP contribution is 2.37. The summed E-state index contributed by atoms with van der Waals surface area (Å²) in [6, 6.07) is 7.07. The van der Waals surface area contributed by atoms with Crippen LogP contribution in [0.3, 0.4) is 0 Å².